The highest BCUT2D eigenvalue weighted by Gasteiger charge is 2.15. The largest absolute Gasteiger partial charge is 0.331 e. The van der Waals surface area contributed by atoms with E-state index in [0.717, 1.165) is 16.7 Å². The molecule has 2 aromatic heterocycles. The number of thiophene rings is 1. The van der Waals surface area contributed by atoms with E-state index in [1.54, 1.807) is 11.4 Å². The zero-order chi connectivity index (χ0) is 17.4. The summed E-state index contributed by atoms with van der Waals surface area (Å²) in [4.78, 5) is 36.5. The molecule has 0 unspecified atom stereocenters. The van der Waals surface area contributed by atoms with Crippen molar-refractivity contribution in [3.05, 3.63) is 61.3 Å². The van der Waals surface area contributed by atoms with Gasteiger partial charge in [0.15, 0.2) is 0 Å². The van der Waals surface area contributed by atoms with Crippen molar-refractivity contribution >= 4 is 44.7 Å². The molecule has 0 fully saturated rings. The maximum Gasteiger partial charge on any atom is 0.331 e. The van der Waals surface area contributed by atoms with E-state index in [1.807, 2.05) is 0 Å². The first kappa shape index (κ1) is 16.4. The normalized spacial score (nSPS) is 11.0. The van der Waals surface area contributed by atoms with Crippen LogP contribution in [0.1, 0.15) is 0 Å². The van der Waals surface area contributed by atoms with Gasteiger partial charge in [0.05, 0.1) is 16.2 Å². The van der Waals surface area contributed by atoms with Gasteiger partial charge in [0.2, 0.25) is 5.91 Å². The minimum atomic E-state index is -0.591. The van der Waals surface area contributed by atoms with Crippen molar-refractivity contribution in [2.45, 2.75) is 6.54 Å². The standard InChI is InChI=1S/C15H11ClFN3O3S/c1-19-14(22)13-11(4-5-24-13)20(15(19)23)7-12(21)18-10-3-2-8(17)6-9(10)16/h2-6H,7H2,1H3,(H,18,21). The minimum Gasteiger partial charge on any atom is -0.323 e. The number of anilines is 1. The van der Waals surface area contributed by atoms with Crippen LogP contribution in [0.25, 0.3) is 10.2 Å². The number of amides is 1. The van der Waals surface area contributed by atoms with Crippen LogP contribution in [-0.4, -0.2) is 15.0 Å². The van der Waals surface area contributed by atoms with Gasteiger partial charge >= 0.3 is 5.69 Å². The fourth-order valence-corrected chi connectivity index (χ4v) is 3.36. The van der Waals surface area contributed by atoms with Gasteiger partial charge in [-0.15, -0.1) is 11.3 Å². The average molecular weight is 368 g/mol. The smallest absolute Gasteiger partial charge is 0.323 e. The molecule has 1 amide bonds. The van der Waals surface area contributed by atoms with Crippen LogP contribution in [0.3, 0.4) is 0 Å². The molecule has 0 saturated carbocycles. The maximum atomic E-state index is 13.0. The van der Waals surface area contributed by atoms with Gasteiger partial charge in [0, 0.05) is 7.05 Å². The Morgan fingerprint density at radius 3 is 2.79 bits per heavy atom. The third-order valence-corrected chi connectivity index (χ3v) is 4.66. The van der Waals surface area contributed by atoms with Crippen molar-refractivity contribution in [1.82, 2.24) is 9.13 Å². The first-order chi connectivity index (χ1) is 11.4. The number of aromatic nitrogens is 2. The van der Waals surface area contributed by atoms with Crippen LogP contribution in [0.15, 0.2) is 39.2 Å². The second-order valence-corrected chi connectivity index (χ2v) is 6.36. The third-order valence-electron chi connectivity index (χ3n) is 3.46. The molecule has 0 spiro atoms. The second kappa shape index (κ2) is 6.21. The number of rotatable bonds is 3. The number of halogens is 2. The molecule has 3 rings (SSSR count). The molecule has 24 heavy (non-hydrogen) atoms. The van der Waals surface area contributed by atoms with Crippen LogP contribution < -0.4 is 16.6 Å². The van der Waals surface area contributed by atoms with Gasteiger partial charge in [-0.05, 0) is 29.6 Å². The van der Waals surface area contributed by atoms with Crippen molar-refractivity contribution in [2.24, 2.45) is 7.05 Å². The fourth-order valence-electron chi connectivity index (χ4n) is 2.28. The summed E-state index contributed by atoms with van der Waals surface area (Å²) >= 11 is 7.06. The van der Waals surface area contributed by atoms with Gasteiger partial charge in [-0.3, -0.25) is 18.7 Å². The Labute approximate surface area is 143 Å². The first-order valence-electron chi connectivity index (χ1n) is 6.80. The second-order valence-electron chi connectivity index (χ2n) is 5.04. The van der Waals surface area contributed by atoms with Crippen LogP contribution in [0.4, 0.5) is 10.1 Å². The summed E-state index contributed by atoms with van der Waals surface area (Å²) in [5.41, 5.74) is -0.356. The van der Waals surface area contributed by atoms with Gasteiger partial charge in [-0.2, -0.15) is 0 Å². The number of carbonyl (C=O) groups excluding carboxylic acids is 1. The van der Waals surface area contributed by atoms with E-state index in [0.29, 0.717) is 10.2 Å². The highest BCUT2D eigenvalue weighted by molar-refractivity contribution is 7.17. The van der Waals surface area contributed by atoms with Gasteiger partial charge in [0.25, 0.3) is 5.56 Å². The molecule has 0 saturated heterocycles. The zero-order valence-electron chi connectivity index (χ0n) is 12.4. The summed E-state index contributed by atoms with van der Waals surface area (Å²) in [5, 5.41) is 4.25. The van der Waals surface area contributed by atoms with Crippen LogP contribution in [-0.2, 0) is 18.4 Å². The lowest BCUT2D eigenvalue weighted by Gasteiger charge is -2.11. The van der Waals surface area contributed by atoms with Gasteiger partial charge in [-0.25, -0.2) is 9.18 Å². The van der Waals surface area contributed by atoms with Gasteiger partial charge in [-0.1, -0.05) is 11.6 Å². The van der Waals surface area contributed by atoms with Crippen molar-refractivity contribution < 1.29 is 9.18 Å². The molecule has 0 radical (unpaired) electrons. The topological polar surface area (TPSA) is 73.1 Å². The molecular weight excluding hydrogens is 357 g/mol. The molecule has 3 aromatic rings. The third kappa shape index (κ3) is 2.85. The number of hydrogen-bond acceptors (Lipinski definition) is 4. The lowest BCUT2D eigenvalue weighted by atomic mass is 10.3. The molecule has 9 heteroatoms. The SMILES string of the molecule is Cn1c(=O)c2sccc2n(CC(=O)Nc2ccc(F)cc2Cl)c1=O. The zero-order valence-corrected chi connectivity index (χ0v) is 13.9. The molecule has 2 heterocycles. The number of fused-ring (bicyclic) bond motifs is 1. The fraction of sp³-hybridized carbons (Fsp3) is 0.133. The molecule has 0 bridgehead atoms. The summed E-state index contributed by atoms with van der Waals surface area (Å²) in [5.74, 6) is -1.04. The molecule has 6 nitrogen and oxygen atoms in total. The first-order valence-corrected chi connectivity index (χ1v) is 8.06. The number of hydrogen-bond donors (Lipinski definition) is 1. The Morgan fingerprint density at radius 1 is 1.33 bits per heavy atom. The number of nitrogens with zero attached hydrogens (tertiary/aromatic N) is 2. The highest BCUT2D eigenvalue weighted by atomic mass is 35.5. The minimum absolute atomic E-state index is 0.0526. The summed E-state index contributed by atoms with van der Waals surface area (Å²) < 4.78 is 15.6. The Hall–Kier alpha value is -2.45. The number of carbonyl (C=O) groups is 1. The van der Waals surface area contributed by atoms with E-state index in [4.69, 9.17) is 11.6 Å². The molecule has 1 N–H and O–H groups in total. The quantitative estimate of drug-likeness (QED) is 0.771. The van der Waals surface area contributed by atoms with Crippen molar-refractivity contribution in [3.63, 3.8) is 0 Å². The molecule has 124 valence electrons. The maximum absolute atomic E-state index is 13.0. The van der Waals surface area contributed by atoms with Crippen molar-refractivity contribution in [3.8, 4) is 0 Å². The Morgan fingerprint density at radius 2 is 2.08 bits per heavy atom. The summed E-state index contributed by atoms with van der Waals surface area (Å²) in [6.07, 6.45) is 0. The van der Waals surface area contributed by atoms with Crippen LogP contribution in [0.2, 0.25) is 5.02 Å². The predicted octanol–water partition coefficient (Wildman–Crippen LogP) is 2.19. The molecule has 0 aliphatic rings. The average Bonchev–Trinajstić information content (AvgIpc) is 3.02. The lowest BCUT2D eigenvalue weighted by Crippen LogP contribution is -2.39. The molecular formula is C15H11ClFN3O3S. The summed E-state index contributed by atoms with van der Waals surface area (Å²) in [7, 11) is 1.36. The number of nitrogens with one attached hydrogen (secondary N) is 1. The molecule has 0 aliphatic heterocycles. The van der Waals surface area contributed by atoms with Gasteiger partial charge < -0.3 is 5.32 Å². The molecule has 0 aliphatic carbocycles. The Kier molecular flexibility index (Phi) is 4.25. The predicted molar refractivity (Wildman–Crippen MR) is 91.4 cm³/mol. The van der Waals surface area contributed by atoms with E-state index in [1.165, 1.54) is 29.0 Å². The van der Waals surface area contributed by atoms with E-state index >= 15 is 0 Å². The Balaban J connectivity index is 1.95. The van der Waals surface area contributed by atoms with E-state index < -0.39 is 23.0 Å². The van der Waals surface area contributed by atoms with Crippen LogP contribution >= 0.6 is 22.9 Å². The summed E-state index contributed by atoms with van der Waals surface area (Å²) in [6, 6.07) is 5.18. The van der Waals surface area contributed by atoms with Crippen LogP contribution in [0, 0.1) is 5.82 Å². The van der Waals surface area contributed by atoms with Crippen molar-refractivity contribution in [1.29, 1.82) is 0 Å². The monoisotopic (exact) mass is 367 g/mol. The summed E-state index contributed by atoms with van der Waals surface area (Å²) in [6.45, 7) is -0.298. The molecule has 0 atom stereocenters. The Bertz CT molecular complexity index is 1070. The van der Waals surface area contributed by atoms with Crippen LogP contribution in [0.5, 0.6) is 0 Å². The van der Waals surface area contributed by atoms with E-state index in [2.05, 4.69) is 5.32 Å². The van der Waals surface area contributed by atoms with Crippen molar-refractivity contribution in [2.75, 3.05) is 5.32 Å². The number of benzene rings is 1. The van der Waals surface area contributed by atoms with E-state index in [9.17, 15) is 18.8 Å². The van der Waals surface area contributed by atoms with Gasteiger partial charge in [0.1, 0.15) is 17.1 Å². The lowest BCUT2D eigenvalue weighted by molar-refractivity contribution is -0.116. The molecule has 1 aromatic carbocycles. The highest BCUT2D eigenvalue weighted by Crippen LogP contribution is 2.22. The van der Waals surface area contributed by atoms with E-state index in [-0.39, 0.29) is 17.3 Å².